The number of nitrogens with zero attached hydrogens (tertiary/aromatic N) is 3. The summed E-state index contributed by atoms with van der Waals surface area (Å²) in [7, 11) is 2.96. The van der Waals surface area contributed by atoms with E-state index in [0.29, 0.717) is 33.9 Å². The fourth-order valence-electron chi connectivity index (χ4n) is 4.42. The summed E-state index contributed by atoms with van der Waals surface area (Å²) in [4.78, 5) is 22.1. The van der Waals surface area contributed by atoms with Gasteiger partial charge in [0, 0.05) is 30.0 Å². The normalized spacial score (nSPS) is 16.5. The molecule has 39 heavy (non-hydrogen) atoms. The number of amides is 1. The van der Waals surface area contributed by atoms with Crippen molar-refractivity contribution in [2.24, 2.45) is 0 Å². The van der Waals surface area contributed by atoms with Gasteiger partial charge in [0.2, 0.25) is 5.91 Å². The predicted octanol–water partition coefficient (Wildman–Crippen LogP) is 5.45. The average Bonchev–Trinajstić information content (AvgIpc) is 3.49. The molecular weight excluding hydrogens is 510 g/mol. The molecule has 11 heteroatoms. The van der Waals surface area contributed by atoms with E-state index in [4.69, 9.17) is 18.6 Å². The fourth-order valence-corrected chi connectivity index (χ4v) is 4.42. The first-order valence-corrected chi connectivity index (χ1v) is 12.1. The summed E-state index contributed by atoms with van der Waals surface area (Å²) in [6.45, 7) is 3.06. The van der Waals surface area contributed by atoms with Crippen molar-refractivity contribution < 1.29 is 32.2 Å². The molecular formula is C28H26F2N4O5. The molecule has 0 saturated carbocycles. The number of aromatic nitrogens is 2. The second-order valence-corrected chi connectivity index (χ2v) is 8.87. The fraction of sp³-hybridized carbons (Fsp3) is 0.250. The Balaban J connectivity index is 1.52. The van der Waals surface area contributed by atoms with Crippen molar-refractivity contribution in [2.45, 2.75) is 18.4 Å². The Labute approximate surface area is 223 Å². The van der Waals surface area contributed by atoms with E-state index in [9.17, 15) is 13.6 Å². The Morgan fingerprint density at radius 2 is 1.97 bits per heavy atom. The molecule has 1 aliphatic rings. The van der Waals surface area contributed by atoms with Crippen LogP contribution in [0.2, 0.25) is 0 Å². The van der Waals surface area contributed by atoms with Crippen LogP contribution in [0.15, 0.2) is 72.1 Å². The number of alkyl halides is 2. The minimum atomic E-state index is -3.16. The molecule has 3 heterocycles. The van der Waals surface area contributed by atoms with Gasteiger partial charge in [0.25, 0.3) is 5.92 Å². The Morgan fingerprint density at radius 3 is 2.69 bits per heavy atom. The number of methoxy groups -OCH3 is 2. The van der Waals surface area contributed by atoms with E-state index in [1.54, 1.807) is 37.6 Å². The van der Waals surface area contributed by atoms with Gasteiger partial charge in [-0.15, -0.1) is 0 Å². The van der Waals surface area contributed by atoms with E-state index in [1.165, 1.54) is 18.3 Å². The number of hydrogen-bond acceptors (Lipinski definition) is 8. The Bertz CT molecular complexity index is 1510. The molecule has 1 unspecified atom stereocenters. The molecule has 1 atom stereocenters. The number of piperidine rings is 1. The highest BCUT2D eigenvalue weighted by atomic mass is 19.3. The number of benzene rings is 2. The van der Waals surface area contributed by atoms with Gasteiger partial charge in [0.15, 0.2) is 17.6 Å². The van der Waals surface area contributed by atoms with Crippen LogP contribution < -0.4 is 19.5 Å². The quantitative estimate of drug-likeness (QED) is 0.297. The molecule has 2 aromatic heterocycles. The van der Waals surface area contributed by atoms with Gasteiger partial charge in [0.1, 0.15) is 23.7 Å². The number of carbonyl (C=O) groups excluding carboxylic acids is 1. The second kappa shape index (κ2) is 10.6. The lowest BCUT2D eigenvalue weighted by molar-refractivity contribution is -0.152. The van der Waals surface area contributed by atoms with Crippen molar-refractivity contribution in [3.8, 4) is 28.6 Å². The third kappa shape index (κ3) is 5.20. The number of likely N-dealkylation sites (tertiary alicyclic amines) is 1. The Kier molecular flexibility index (Phi) is 7.05. The smallest absolute Gasteiger partial charge is 0.287 e. The largest absolute Gasteiger partial charge is 0.495 e. The zero-order chi connectivity index (χ0) is 27.6. The van der Waals surface area contributed by atoms with Crippen molar-refractivity contribution in [1.29, 1.82) is 0 Å². The van der Waals surface area contributed by atoms with Crippen LogP contribution in [0.25, 0.3) is 22.2 Å². The lowest BCUT2D eigenvalue weighted by Crippen LogP contribution is -2.54. The minimum absolute atomic E-state index is 0.0664. The summed E-state index contributed by atoms with van der Waals surface area (Å²) in [6, 6.07) is 12.3. The molecule has 4 aromatic rings. The van der Waals surface area contributed by atoms with Crippen molar-refractivity contribution in [3.63, 3.8) is 0 Å². The molecule has 2 aromatic carbocycles. The maximum Gasteiger partial charge on any atom is 0.287 e. The first-order chi connectivity index (χ1) is 18.8. The number of carbonyl (C=O) groups is 1. The first-order valence-electron chi connectivity index (χ1n) is 12.1. The predicted molar refractivity (Wildman–Crippen MR) is 141 cm³/mol. The van der Waals surface area contributed by atoms with E-state index in [1.807, 2.05) is 18.2 Å². The number of nitrogens with one attached hydrogen (secondary N) is 1. The van der Waals surface area contributed by atoms with Crippen LogP contribution in [-0.4, -0.2) is 60.1 Å². The van der Waals surface area contributed by atoms with E-state index in [0.717, 1.165) is 11.6 Å². The zero-order valence-electron chi connectivity index (χ0n) is 21.3. The van der Waals surface area contributed by atoms with Crippen LogP contribution in [0.3, 0.4) is 0 Å². The van der Waals surface area contributed by atoms with E-state index in [2.05, 4.69) is 21.9 Å². The molecule has 0 bridgehead atoms. The average molecular weight is 537 g/mol. The summed E-state index contributed by atoms with van der Waals surface area (Å²) >= 11 is 0. The molecule has 0 aliphatic carbocycles. The number of hydrogen-bond donors (Lipinski definition) is 1. The molecule has 202 valence electrons. The van der Waals surface area contributed by atoms with Gasteiger partial charge in [-0.2, -0.15) is 0 Å². The van der Waals surface area contributed by atoms with Crippen molar-refractivity contribution in [2.75, 3.05) is 32.6 Å². The third-order valence-electron chi connectivity index (χ3n) is 6.51. The van der Waals surface area contributed by atoms with E-state index >= 15 is 0 Å². The van der Waals surface area contributed by atoms with E-state index < -0.39 is 24.4 Å². The van der Waals surface area contributed by atoms with Crippen LogP contribution in [-0.2, 0) is 4.79 Å². The SMILES string of the molecule is C=CC(=O)N1CCC(F)(F)C(Oc2cc3c(Nc4cc(-c5ccco5)ccc4OC)ncnc3cc2OC)C1. The topological polar surface area (TPSA) is 99.0 Å². The van der Waals surface area contributed by atoms with Crippen molar-refractivity contribution in [3.05, 3.63) is 67.7 Å². The van der Waals surface area contributed by atoms with Crippen molar-refractivity contribution >= 4 is 28.3 Å². The summed E-state index contributed by atoms with van der Waals surface area (Å²) in [5, 5.41) is 3.75. The third-order valence-corrected chi connectivity index (χ3v) is 6.51. The van der Waals surface area contributed by atoms with Crippen LogP contribution in [0.5, 0.6) is 17.2 Å². The molecule has 1 aliphatic heterocycles. The van der Waals surface area contributed by atoms with Gasteiger partial charge in [-0.05, 0) is 42.5 Å². The maximum atomic E-state index is 14.9. The van der Waals surface area contributed by atoms with E-state index in [-0.39, 0.29) is 24.6 Å². The number of ether oxygens (including phenoxy) is 3. The van der Waals surface area contributed by atoms with Gasteiger partial charge >= 0.3 is 0 Å². The number of halogens is 2. The molecule has 1 amide bonds. The summed E-state index contributed by atoms with van der Waals surface area (Å²) < 4.78 is 52.0. The molecule has 5 rings (SSSR count). The first kappa shape index (κ1) is 26.0. The van der Waals surface area contributed by atoms with Gasteiger partial charge < -0.3 is 28.8 Å². The summed E-state index contributed by atoms with van der Waals surface area (Å²) in [6.07, 6.45) is 1.94. The lowest BCUT2D eigenvalue weighted by Gasteiger charge is -2.37. The molecule has 1 N–H and O–H groups in total. The van der Waals surface area contributed by atoms with Gasteiger partial charge in [-0.1, -0.05) is 6.58 Å². The zero-order valence-corrected chi connectivity index (χ0v) is 21.3. The highest BCUT2D eigenvalue weighted by Gasteiger charge is 2.47. The number of anilines is 2. The minimum Gasteiger partial charge on any atom is -0.495 e. The van der Waals surface area contributed by atoms with Gasteiger partial charge in [-0.25, -0.2) is 18.7 Å². The molecule has 0 spiro atoms. The lowest BCUT2D eigenvalue weighted by atomic mass is 10.0. The van der Waals surface area contributed by atoms with Crippen LogP contribution in [0.1, 0.15) is 6.42 Å². The molecule has 9 nitrogen and oxygen atoms in total. The summed E-state index contributed by atoms with van der Waals surface area (Å²) in [5.74, 6) is -1.70. The highest BCUT2D eigenvalue weighted by molar-refractivity contribution is 5.94. The molecule has 0 radical (unpaired) electrons. The van der Waals surface area contributed by atoms with Gasteiger partial charge in [-0.3, -0.25) is 4.79 Å². The van der Waals surface area contributed by atoms with Crippen molar-refractivity contribution in [1.82, 2.24) is 14.9 Å². The standard InChI is InChI=1S/C28H26F2N4O5/c1-4-26(35)34-10-9-28(29,30)25(15-34)39-24-13-18-19(14-23(24)37-3)31-16-32-27(18)33-20-12-17(7-8-22(20)36-2)21-6-5-11-38-21/h4-8,11-14,16,25H,1,9-10,15H2,2-3H3,(H,31,32,33). The van der Waals surface area contributed by atoms with Gasteiger partial charge in [0.05, 0.1) is 38.2 Å². The Hall–Kier alpha value is -4.67. The van der Waals surface area contributed by atoms with Crippen LogP contribution in [0.4, 0.5) is 20.3 Å². The molecule has 1 saturated heterocycles. The maximum absolute atomic E-state index is 14.9. The van der Waals surface area contributed by atoms with Crippen LogP contribution >= 0.6 is 0 Å². The summed E-state index contributed by atoms with van der Waals surface area (Å²) in [5.41, 5.74) is 1.91. The highest BCUT2D eigenvalue weighted by Crippen LogP contribution is 2.40. The second-order valence-electron chi connectivity index (χ2n) is 8.87. The number of rotatable bonds is 8. The number of fused-ring (bicyclic) bond motifs is 1. The molecule has 1 fully saturated rings. The van der Waals surface area contributed by atoms with Crippen LogP contribution in [0, 0.1) is 0 Å². The monoisotopic (exact) mass is 536 g/mol. The number of furan rings is 1. The Morgan fingerprint density at radius 1 is 1.15 bits per heavy atom.